The summed E-state index contributed by atoms with van der Waals surface area (Å²) in [7, 11) is -3.32. The number of halogens is 1. The molecule has 8 heteroatoms. The number of ether oxygens (including phenoxy) is 2. The molecule has 4 rings (SSSR count). The van der Waals surface area contributed by atoms with Crippen molar-refractivity contribution < 1.29 is 22.3 Å². The second-order valence-corrected chi connectivity index (χ2v) is 8.45. The highest BCUT2D eigenvalue weighted by Crippen LogP contribution is 2.39. The molecule has 1 aromatic heterocycles. The lowest BCUT2D eigenvalue weighted by molar-refractivity contribution is 0.000676. The number of pyridine rings is 1. The van der Waals surface area contributed by atoms with Crippen molar-refractivity contribution in [3.8, 4) is 5.88 Å². The van der Waals surface area contributed by atoms with Crippen LogP contribution in [0, 0.1) is 5.82 Å². The predicted octanol–water partition coefficient (Wildman–Crippen LogP) is 1.32. The predicted molar refractivity (Wildman–Crippen MR) is 80.0 cm³/mol. The highest BCUT2D eigenvalue weighted by Gasteiger charge is 2.51. The molecule has 0 aromatic carbocycles. The van der Waals surface area contributed by atoms with E-state index in [1.54, 1.807) is 0 Å². The largest absolute Gasteiger partial charge is 0.468 e. The van der Waals surface area contributed by atoms with Crippen LogP contribution < -0.4 is 4.74 Å². The van der Waals surface area contributed by atoms with E-state index in [2.05, 4.69) is 4.98 Å². The zero-order valence-electron chi connectivity index (χ0n) is 12.6. The minimum absolute atomic E-state index is 0.0938. The molecule has 126 valence electrons. The Labute approximate surface area is 134 Å². The van der Waals surface area contributed by atoms with Crippen LogP contribution in [0.3, 0.4) is 0 Å². The summed E-state index contributed by atoms with van der Waals surface area (Å²) < 4.78 is 52.2. The molecule has 2 bridgehead atoms. The van der Waals surface area contributed by atoms with E-state index in [0.717, 1.165) is 12.8 Å². The molecule has 0 spiro atoms. The van der Waals surface area contributed by atoms with Gasteiger partial charge in [0, 0.05) is 12.7 Å². The summed E-state index contributed by atoms with van der Waals surface area (Å²) in [5.74, 6) is -0.642. The zero-order chi connectivity index (χ0) is 16.0. The molecule has 2 heterocycles. The Balaban J connectivity index is 1.62. The van der Waals surface area contributed by atoms with Crippen LogP contribution in [0.25, 0.3) is 0 Å². The SMILES string of the molecule is O=S(=O)(C1CC1)N1CCO[C@H]2CC[C@H]1[C@@H]2Oc1ncccc1F. The Morgan fingerprint density at radius 3 is 2.87 bits per heavy atom. The fourth-order valence-electron chi connectivity index (χ4n) is 3.47. The molecule has 1 aliphatic heterocycles. The third kappa shape index (κ3) is 2.72. The monoisotopic (exact) mass is 342 g/mol. The van der Waals surface area contributed by atoms with Crippen molar-refractivity contribution in [1.29, 1.82) is 0 Å². The summed E-state index contributed by atoms with van der Waals surface area (Å²) in [5.41, 5.74) is 0. The number of sulfonamides is 1. The maximum atomic E-state index is 13.8. The standard InChI is InChI=1S/C15H19FN2O4S/c16-11-2-1-7-17-15(11)22-14-12-5-6-13(14)21-9-8-18(12)23(19,20)10-3-4-10/h1-2,7,10,12-14H,3-6,8-9H2/t12-,13-,14-/m0/s1. The maximum Gasteiger partial charge on any atom is 0.250 e. The number of nitrogens with zero attached hydrogens (tertiary/aromatic N) is 2. The van der Waals surface area contributed by atoms with Crippen LogP contribution in [0.15, 0.2) is 18.3 Å². The molecular formula is C15H19FN2O4S. The summed E-state index contributed by atoms with van der Waals surface area (Å²) in [6.07, 6.45) is 3.52. The Bertz CT molecular complexity index is 694. The highest BCUT2D eigenvalue weighted by molar-refractivity contribution is 7.90. The van der Waals surface area contributed by atoms with Crippen molar-refractivity contribution in [2.24, 2.45) is 0 Å². The van der Waals surface area contributed by atoms with Crippen LogP contribution in [-0.2, 0) is 14.8 Å². The summed E-state index contributed by atoms with van der Waals surface area (Å²) in [6.45, 7) is 0.683. The second-order valence-electron chi connectivity index (χ2n) is 6.28. The first-order chi connectivity index (χ1) is 11.1. The van der Waals surface area contributed by atoms with E-state index in [0.29, 0.717) is 26.0 Å². The van der Waals surface area contributed by atoms with Gasteiger partial charge in [0.25, 0.3) is 5.88 Å². The van der Waals surface area contributed by atoms with Gasteiger partial charge in [0.15, 0.2) is 5.82 Å². The molecule has 3 aliphatic rings. The minimum Gasteiger partial charge on any atom is -0.468 e. The third-order valence-corrected chi connectivity index (χ3v) is 7.17. The molecule has 0 amide bonds. The van der Waals surface area contributed by atoms with E-state index in [4.69, 9.17) is 9.47 Å². The molecule has 0 radical (unpaired) electrons. The Kier molecular flexibility index (Phi) is 3.78. The first kappa shape index (κ1) is 15.3. The van der Waals surface area contributed by atoms with Crippen LogP contribution in [0.1, 0.15) is 25.7 Å². The zero-order valence-corrected chi connectivity index (χ0v) is 13.4. The average molecular weight is 342 g/mol. The molecule has 3 fully saturated rings. The first-order valence-corrected chi connectivity index (χ1v) is 9.47. The summed E-state index contributed by atoms with van der Waals surface area (Å²) in [6, 6.07) is 2.46. The van der Waals surface area contributed by atoms with Gasteiger partial charge >= 0.3 is 0 Å². The van der Waals surface area contributed by atoms with E-state index in [9.17, 15) is 12.8 Å². The molecule has 2 aliphatic carbocycles. The molecule has 23 heavy (non-hydrogen) atoms. The van der Waals surface area contributed by atoms with Gasteiger partial charge in [-0.1, -0.05) is 0 Å². The van der Waals surface area contributed by atoms with Crippen molar-refractivity contribution >= 4 is 10.0 Å². The molecule has 1 aromatic rings. The quantitative estimate of drug-likeness (QED) is 0.826. The number of rotatable bonds is 4. The maximum absolute atomic E-state index is 13.8. The molecule has 6 nitrogen and oxygen atoms in total. The van der Waals surface area contributed by atoms with Gasteiger partial charge in [-0.2, -0.15) is 4.31 Å². The first-order valence-electron chi connectivity index (χ1n) is 7.97. The third-order valence-electron chi connectivity index (χ3n) is 4.75. The molecule has 0 unspecified atom stereocenters. The highest BCUT2D eigenvalue weighted by atomic mass is 32.2. The fraction of sp³-hybridized carbons (Fsp3) is 0.667. The minimum atomic E-state index is -3.32. The van der Waals surface area contributed by atoms with Crippen molar-refractivity contribution in [1.82, 2.24) is 9.29 Å². The lowest BCUT2D eigenvalue weighted by Gasteiger charge is -2.30. The molecule has 2 saturated carbocycles. The van der Waals surface area contributed by atoms with Gasteiger partial charge < -0.3 is 9.47 Å². The lowest BCUT2D eigenvalue weighted by Crippen LogP contribution is -2.48. The summed E-state index contributed by atoms with van der Waals surface area (Å²) in [4.78, 5) is 3.91. The van der Waals surface area contributed by atoms with Gasteiger partial charge in [0.1, 0.15) is 6.10 Å². The van der Waals surface area contributed by atoms with Crippen molar-refractivity contribution in [2.75, 3.05) is 13.2 Å². The molecular weight excluding hydrogens is 323 g/mol. The molecule has 3 atom stereocenters. The van der Waals surface area contributed by atoms with E-state index < -0.39 is 21.9 Å². The number of hydrogen-bond donors (Lipinski definition) is 0. The van der Waals surface area contributed by atoms with Crippen LogP contribution in [0.5, 0.6) is 5.88 Å². The Morgan fingerprint density at radius 2 is 2.13 bits per heavy atom. The van der Waals surface area contributed by atoms with Gasteiger partial charge in [-0.05, 0) is 37.8 Å². The van der Waals surface area contributed by atoms with Gasteiger partial charge in [-0.15, -0.1) is 0 Å². The lowest BCUT2D eigenvalue weighted by atomic mass is 10.2. The van der Waals surface area contributed by atoms with Gasteiger partial charge in [-0.3, -0.25) is 0 Å². The summed E-state index contributed by atoms with van der Waals surface area (Å²) >= 11 is 0. The van der Waals surface area contributed by atoms with Gasteiger partial charge in [0.05, 0.1) is 24.0 Å². The summed E-state index contributed by atoms with van der Waals surface area (Å²) in [5, 5.41) is -0.271. The topological polar surface area (TPSA) is 68.7 Å². The second kappa shape index (κ2) is 5.68. The van der Waals surface area contributed by atoms with Crippen molar-refractivity contribution in [2.45, 2.75) is 49.2 Å². The number of aromatic nitrogens is 1. The molecule has 0 N–H and O–H groups in total. The van der Waals surface area contributed by atoms with Crippen LogP contribution in [-0.4, -0.2) is 54.4 Å². The van der Waals surface area contributed by atoms with Gasteiger partial charge in [0.2, 0.25) is 10.0 Å². The Hall–Kier alpha value is -1.25. The van der Waals surface area contributed by atoms with Crippen molar-refractivity contribution in [3.63, 3.8) is 0 Å². The average Bonchev–Trinajstić information content (AvgIpc) is 3.29. The molecule has 1 saturated heterocycles. The fourth-order valence-corrected chi connectivity index (χ4v) is 5.52. The van der Waals surface area contributed by atoms with E-state index >= 15 is 0 Å². The Morgan fingerprint density at radius 1 is 1.30 bits per heavy atom. The number of fused-ring (bicyclic) bond motifs is 2. The van der Waals surface area contributed by atoms with Crippen LogP contribution >= 0.6 is 0 Å². The van der Waals surface area contributed by atoms with E-state index in [1.165, 1.54) is 22.6 Å². The van der Waals surface area contributed by atoms with Crippen LogP contribution in [0.4, 0.5) is 4.39 Å². The van der Waals surface area contributed by atoms with Gasteiger partial charge in [-0.25, -0.2) is 17.8 Å². The smallest absolute Gasteiger partial charge is 0.250 e. The number of hydrogen-bond acceptors (Lipinski definition) is 5. The van der Waals surface area contributed by atoms with Crippen LogP contribution in [0.2, 0.25) is 0 Å². The van der Waals surface area contributed by atoms with Crippen molar-refractivity contribution in [3.05, 3.63) is 24.1 Å². The van der Waals surface area contributed by atoms with E-state index in [1.807, 2.05) is 0 Å². The van der Waals surface area contributed by atoms with E-state index in [-0.39, 0.29) is 23.3 Å². The normalized spacial score (nSPS) is 31.8.